The predicted octanol–water partition coefficient (Wildman–Crippen LogP) is 4.90. The van der Waals surface area contributed by atoms with Gasteiger partial charge in [-0.25, -0.2) is 0 Å². The smallest absolute Gasteiger partial charge is 0.262 e. The molecule has 2 aromatic carbocycles. The Morgan fingerprint density at radius 3 is 2.80 bits per heavy atom. The number of amides is 2. The van der Waals surface area contributed by atoms with Crippen LogP contribution in [0, 0.1) is 11.3 Å². The number of halogens is 1. The van der Waals surface area contributed by atoms with E-state index in [2.05, 4.69) is 37.6 Å². The number of benzene rings is 2. The van der Waals surface area contributed by atoms with Gasteiger partial charge in [0.2, 0.25) is 0 Å². The van der Waals surface area contributed by atoms with Crippen molar-refractivity contribution in [3.05, 3.63) is 63.6 Å². The summed E-state index contributed by atoms with van der Waals surface area (Å²) in [5.41, 5.74) is 3.83. The van der Waals surface area contributed by atoms with Gasteiger partial charge in [-0.05, 0) is 58.6 Å². The second-order valence-corrected chi connectivity index (χ2v) is 7.93. The van der Waals surface area contributed by atoms with Gasteiger partial charge in [0.15, 0.2) is 0 Å². The summed E-state index contributed by atoms with van der Waals surface area (Å²) in [6, 6.07) is 9.33. The van der Waals surface area contributed by atoms with Crippen LogP contribution < -0.4 is 4.90 Å². The van der Waals surface area contributed by atoms with E-state index >= 15 is 0 Å². The number of fused-ring (bicyclic) bond motifs is 2. The summed E-state index contributed by atoms with van der Waals surface area (Å²) in [6.45, 7) is 5.61. The Bertz CT molecular complexity index is 1170. The molecule has 8 heteroatoms. The molecular formula is C22H18BrN5O2. The number of carbonyl (C=O) groups is 2. The summed E-state index contributed by atoms with van der Waals surface area (Å²) >= 11 is 3.36. The number of aryl methyl sites for hydroxylation is 1. The van der Waals surface area contributed by atoms with Gasteiger partial charge in [0.05, 0.1) is 26.9 Å². The lowest BCUT2D eigenvalue weighted by Gasteiger charge is -2.30. The van der Waals surface area contributed by atoms with E-state index < -0.39 is 11.8 Å². The molecular weight excluding hydrogens is 446 g/mol. The van der Waals surface area contributed by atoms with Crippen LogP contribution in [0.1, 0.15) is 38.3 Å². The number of imide groups is 1. The molecule has 4 rings (SSSR count). The van der Waals surface area contributed by atoms with E-state index in [1.54, 1.807) is 0 Å². The molecule has 0 fully saturated rings. The third kappa shape index (κ3) is 3.21. The zero-order chi connectivity index (χ0) is 21.4. The Morgan fingerprint density at radius 1 is 1.27 bits per heavy atom. The van der Waals surface area contributed by atoms with Crippen molar-refractivity contribution in [1.29, 1.82) is 5.26 Å². The number of hydrogen-bond donors (Lipinski definition) is 0. The second kappa shape index (κ2) is 7.84. The number of rotatable bonds is 4. The molecule has 0 spiro atoms. The number of nitrogens with zero attached hydrogens (tertiary/aromatic N) is 5. The van der Waals surface area contributed by atoms with E-state index in [1.807, 2.05) is 30.3 Å². The first-order chi connectivity index (χ1) is 14.5. The Hall–Kier alpha value is -3.31. The van der Waals surface area contributed by atoms with Crippen molar-refractivity contribution in [2.75, 3.05) is 25.0 Å². The van der Waals surface area contributed by atoms with Gasteiger partial charge in [-0.15, -0.1) is 11.7 Å². The van der Waals surface area contributed by atoms with Gasteiger partial charge in [0, 0.05) is 25.8 Å². The topological polar surface area (TPSA) is 89.1 Å². The average Bonchev–Trinajstić information content (AvgIpc) is 2.97. The zero-order valence-corrected chi connectivity index (χ0v) is 17.9. The standard InChI is InChI=1S/C22H18BrN5O2/c1-3-8-28-9-4-5-13-10-15(6-7-17(13)28)25-26-20-14(12-24)11-16-18(19(20)23)22(30)27(2)21(16)29/h3,6-7,10-11H,1,4-5,8-9H2,2H3/b26-25+. The van der Waals surface area contributed by atoms with Gasteiger partial charge >= 0.3 is 0 Å². The SMILES string of the molecule is C=CCN1CCCc2cc(/N=N/c3c(C#N)cc4c(c3Br)C(=O)N(C)C4=O)ccc21. The van der Waals surface area contributed by atoms with Crippen molar-refractivity contribution in [3.63, 3.8) is 0 Å². The first-order valence-electron chi connectivity index (χ1n) is 9.45. The maximum absolute atomic E-state index is 12.4. The van der Waals surface area contributed by atoms with Crippen molar-refractivity contribution >= 4 is 44.8 Å². The first kappa shape index (κ1) is 20.0. The third-order valence-corrected chi connectivity index (χ3v) is 6.08. The quantitative estimate of drug-likeness (QED) is 0.366. The van der Waals surface area contributed by atoms with Gasteiger partial charge in [0.1, 0.15) is 11.8 Å². The van der Waals surface area contributed by atoms with Crippen molar-refractivity contribution in [1.82, 2.24) is 4.90 Å². The monoisotopic (exact) mass is 463 g/mol. The summed E-state index contributed by atoms with van der Waals surface area (Å²) in [4.78, 5) is 27.9. The highest BCUT2D eigenvalue weighted by atomic mass is 79.9. The van der Waals surface area contributed by atoms with Crippen molar-refractivity contribution in [2.24, 2.45) is 10.2 Å². The Labute approximate surface area is 182 Å². The second-order valence-electron chi connectivity index (χ2n) is 7.14. The highest BCUT2D eigenvalue weighted by Gasteiger charge is 2.37. The van der Waals surface area contributed by atoms with E-state index in [4.69, 9.17) is 0 Å². The molecule has 2 aliphatic rings. The molecule has 30 heavy (non-hydrogen) atoms. The predicted molar refractivity (Wildman–Crippen MR) is 117 cm³/mol. The fourth-order valence-corrected chi connectivity index (χ4v) is 4.49. The van der Waals surface area contributed by atoms with Crippen LogP contribution in [0.2, 0.25) is 0 Å². The van der Waals surface area contributed by atoms with Gasteiger partial charge in [-0.3, -0.25) is 14.5 Å². The lowest BCUT2D eigenvalue weighted by atomic mass is 10.0. The molecule has 150 valence electrons. The van der Waals surface area contributed by atoms with E-state index in [0.29, 0.717) is 10.2 Å². The van der Waals surface area contributed by atoms with Crippen LogP contribution in [-0.4, -0.2) is 36.9 Å². The molecule has 0 aromatic heterocycles. The van der Waals surface area contributed by atoms with Gasteiger partial charge < -0.3 is 4.90 Å². The number of azo groups is 1. The third-order valence-electron chi connectivity index (χ3n) is 5.31. The molecule has 2 heterocycles. The minimum absolute atomic E-state index is 0.177. The lowest BCUT2D eigenvalue weighted by molar-refractivity contribution is 0.0693. The van der Waals surface area contributed by atoms with E-state index in [-0.39, 0.29) is 22.4 Å². The van der Waals surface area contributed by atoms with Gasteiger partial charge in [0.25, 0.3) is 11.8 Å². The van der Waals surface area contributed by atoms with Crippen LogP contribution in [0.15, 0.2) is 51.6 Å². The summed E-state index contributed by atoms with van der Waals surface area (Å²) in [5.74, 6) is -0.867. The van der Waals surface area contributed by atoms with Crippen LogP contribution in [0.25, 0.3) is 0 Å². The van der Waals surface area contributed by atoms with Gasteiger partial charge in [-0.1, -0.05) is 6.08 Å². The number of hydrogen-bond acceptors (Lipinski definition) is 6. The molecule has 0 bridgehead atoms. The molecule has 0 atom stereocenters. The highest BCUT2D eigenvalue weighted by Crippen LogP contribution is 2.40. The molecule has 0 saturated carbocycles. The minimum atomic E-state index is -0.436. The van der Waals surface area contributed by atoms with Gasteiger partial charge in [-0.2, -0.15) is 10.4 Å². The molecule has 7 nitrogen and oxygen atoms in total. The van der Waals surface area contributed by atoms with E-state index in [1.165, 1.54) is 24.4 Å². The fraction of sp³-hybridized carbons (Fsp3) is 0.227. The average molecular weight is 464 g/mol. The van der Waals surface area contributed by atoms with Crippen LogP contribution in [-0.2, 0) is 6.42 Å². The molecule has 0 unspecified atom stereocenters. The number of anilines is 1. The van der Waals surface area contributed by atoms with Crippen molar-refractivity contribution in [2.45, 2.75) is 12.8 Å². The molecule has 0 N–H and O–H groups in total. The number of carbonyl (C=O) groups excluding carboxylic acids is 2. The maximum Gasteiger partial charge on any atom is 0.262 e. The molecule has 2 amide bonds. The Kier molecular flexibility index (Phi) is 5.22. The van der Waals surface area contributed by atoms with Crippen LogP contribution in [0.4, 0.5) is 17.1 Å². The first-order valence-corrected chi connectivity index (χ1v) is 10.2. The minimum Gasteiger partial charge on any atom is -0.368 e. The summed E-state index contributed by atoms with van der Waals surface area (Å²) in [5, 5.41) is 18.1. The van der Waals surface area contributed by atoms with Crippen LogP contribution in [0.3, 0.4) is 0 Å². The van der Waals surface area contributed by atoms with Crippen LogP contribution >= 0.6 is 15.9 Å². The zero-order valence-electron chi connectivity index (χ0n) is 16.4. The normalized spacial score (nSPS) is 15.4. The summed E-state index contributed by atoms with van der Waals surface area (Å²) < 4.78 is 0.304. The molecule has 2 aromatic rings. The molecule has 0 saturated heterocycles. The largest absolute Gasteiger partial charge is 0.368 e. The molecule has 2 aliphatic heterocycles. The molecule has 0 aliphatic carbocycles. The lowest BCUT2D eigenvalue weighted by Crippen LogP contribution is -2.29. The fourth-order valence-electron chi connectivity index (χ4n) is 3.82. The Morgan fingerprint density at radius 2 is 2.07 bits per heavy atom. The highest BCUT2D eigenvalue weighted by molar-refractivity contribution is 9.10. The maximum atomic E-state index is 12.4. The Balaban J connectivity index is 1.72. The summed E-state index contributed by atoms with van der Waals surface area (Å²) in [6.07, 6.45) is 3.91. The summed E-state index contributed by atoms with van der Waals surface area (Å²) in [7, 11) is 1.41. The van der Waals surface area contributed by atoms with Crippen LogP contribution in [0.5, 0.6) is 0 Å². The number of nitriles is 1. The van der Waals surface area contributed by atoms with Crippen molar-refractivity contribution in [3.8, 4) is 6.07 Å². The molecule has 0 radical (unpaired) electrons. The van der Waals surface area contributed by atoms with Crippen molar-refractivity contribution < 1.29 is 9.59 Å². The van der Waals surface area contributed by atoms with E-state index in [9.17, 15) is 14.9 Å². The van der Waals surface area contributed by atoms with E-state index in [0.717, 1.165) is 30.8 Å².